The number of nitrogens with zero attached hydrogens (tertiary/aromatic N) is 2. The van der Waals surface area contributed by atoms with Crippen LogP contribution in [-0.4, -0.2) is 16.1 Å². The summed E-state index contributed by atoms with van der Waals surface area (Å²) in [6.45, 7) is 1.99. The molecule has 0 bridgehead atoms. The van der Waals surface area contributed by atoms with Crippen LogP contribution in [0.4, 0.5) is 5.69 Å². The van der Waals surface area contributed by atoms with E-state index in [0.29, 0.717) is 28.1 Å². The van der Waals surface area contributed by atoms with Crippen molar-refractivity contribution in [1.29, 1.82) is 0 Å². The zero-order valence-electron chi connectivity index (χ0n) is 15.0. The first kappa shape index (κ1) is 17.9. The highest BCUT2D eigenvalue weighted by molar-refractivity contribution is 6.33. The summed E-state index contributed by atoms with van der Waals surface area (Å²) in [4.78, 5) is 12.4. The van der Waals surface area contributed by atoms with E-state index in [4.69, 9.17) is 16.0 Å². The lowest BCUT2D eigenvalue weighted by atomic mass is 10.1. The van der Waals surface area contributed by atoms with Gasteiger partial charge in [0.2, 0.25) is 11.8 Å². The van der Waals surface area contributed by atoms with Crippen molar-refractivity contribution in [3.8, 4) is 22.9 Å². The van der Waals surface area contributed by atoms with Gasteiger partial charge in [-0.2, -0.15) is 0 Å². The van der Waals surface area contributed by atoms with E-state index < -0.39 is 0 Å². The minimum atomic E-state index is -0.245. The molecule has 4 rings (SSSR count). The molecule has 0 aliphatic rings. The Morgan fingerprint density at radius 3 is 2.32 bits per heavy atom. The molecule has 1 heterocycles. The Morgan fingerprint density at radius 1 is 0.893 bits per heavy atom. The molecule has 0 radical (unpaired) electrons. The van der Waals surface area contributed by atoms with E-state index in [2.05, 4.69) is 15.5 Å². The molecule has 0 spiro atoms. The van der Waals surface area contributed by atoms with Gasteiger partial charge in [-0.15, -0.1) is 10.2 Å². The lowest BCUT2D eigenvalue weighted by Gasteiger charge is -2.07. The van der Waals surface area contributed by atoms with Gasteiger partial charge in [0.1, 0.15) is 0 Å². The Hall–Kier alpha value is -3.44. The second-order valence-electron chi connectivity index (χ2n) is 6.24. The molecule has 3 aromatic carbocycles. The number of benzene rings is 3. The van der Waals surface area contributed by atoms with Crippen molar-refractivity contribution in [3.05, 3.63) is 88.9 Å². The van der Waals surface area contributed by atoms with E-state index in [-0.39, 0.29) is 5.91 Å². The van der Waals surface area contributed by atoms with Crippen molar-refractivity contribution in [2.75, 3.05) is 5.32 Å². The van der Waals surface area contributed by atoms with Crippen LogP contribution in [0.5, 0.6) is 0 Å². The SMILES string of the molecule is Cc1ccccc1-c1nnc(-c2ccc(C(=O)Nc3ccccc3Cl)cc2)o1. The lowest BCUT2D eigenvalue weighted by Crippen LogP contribution is -2.11. The van der Waals surface area contributed by atoms with E-state index in [1.165, 1.54) is 0 Å². The topological polar surface area (TPSA) is 68.0 Å². The Labute approximate surface area is 167 Å². The highest BCUT2D eigenvalue weighted by Crippen LogP contribution is 2.26. The zero-order valence-corrected chi connectivity index (χ0v) is 15.8. The number of anilines is 1. The van der Waals surface area contributed by atoms with Crippen LogP contribution in [0.3, 0.4) is 0 Å². The first-order chi connectivity index (χ1) is 13.6. The molecule has 0 aliphatic heterocycles. The molecule has 28 heavy (non-hydrogen) atoms. The van der Waals surface area contributed by atoms with Crippen LogP contribution in [0.15, 0.2) is 77.2 Å². The number of carbonyl (C=O) groups excluding carboxylic acids is 1. The number of hydrogen-bond donors (Lipinski definition) is 1. The zero-order chi connectivity index (χ0) is 19.5. The molecule has 0 atom stereocenters. The van der Waals surface area contributed by atoms with Gasteiger partial charge >= 0.3 is 0 Å². The van der Waals surface area contributed by atoms with E-state index in [9.17, 15) is 4.79 Å². The molecule has 0 unspecified atom stereocenters. The molecule has 0 fully saturated rings. The number of halogens is 1. The van der Waals surface area contributed by atoms with Crippen LogP contribution in [0, 0.1) is 6.92 Å². The van der Waals surface area contributed by atoms with Crippen LogP contribution in [0.2, 0.25) is 5.02 Å². The van der Waals surface area contributed by atoms with Crippen molar-refractivity contribution >= 4 is 23.2 Å². The quantitative estimate of drug-likeness (QED) is 0.492. The van der Waals surface area contributed by atoms with Gasteiger partial charge in [-0.1, -0.05) is 41.9 Å². The van der Waals surface area contributed by atoms with Crippen molar-refractivity contribution in [2.45, 2.75) is 6.92 Å². The maximum absolute atomic E-state index is 12.4. The number of para-hydroxylation sites is 1. The first-order valence-corrected chi connectivity index (χ1v) is 9.05. The number of nitrogens with one attached hydrogen (secondary N) is 1. The smallest absolute Gasteiger partial charge is 0.255 e. The van der Waals surface area contributed by atoms with Crippen molar-refractivity contribution in [2.24, 2.45) is 0 Å². The summed E-state index contributed by atoms with van der Waals surface area (Å²) >= 11 is 6.08. The third kappa shape index (κ3) is 3.66. The van der Waals surface area contributed by atoms with Crippen LogP contribution < -0.4 is 5.32 Å². The van der Waals surface area contributed by atoms with Gasteiger partial charge < -0.3 is 9.73 Å². The highest BCUT2D eigenvalue weighted by Gasteiger charge is 2.13. The molecular weight excluding hydrogens is 374 g/mol. The predicted octanol–water partition coefficient (Wildman–Crippen LogP) is 5.62. The van der Waals surface area contributed by atoms with Gasteiger partial charge in [-0.25, -0.2) is 0 Å². The van der Waals surface area contributed by atoms with E-state index >= 15 is 0 Å². The maximum atomic E-state index is 12.4. The monoisotopic (exact) mass is 389 g/mol. The van der Waals surface area contributed by atoms with E-state index in [0.717, 1.165) is 16.7 Å². The van der Waals surface area contributed by atoms with E-state index in [1.54, 1.807) is 36.4 Å². The first-order valence-electron chi connectivity index (χ1n) is 8.67. The Kier molecular flexibility index (Phi) is 4.91. The maximum Gasteiger partial charge on any atom is 0.255 e. The van der Waals surface area contributed by atoms with Crippen molar-refractivity contribution in [3.63, 3.8) is 0 Å². The predicted molar refractivity (Wildman–Crippen MR) is 109 cm³/mol. The number of hydrogen-bond acceptors (Lipinski definition) is 4. The minimum Gasteiger partial charge on any atom is -0.416 e. The summed E-state index contributed by atoms with van der Waals surface area (Å²) in [5, 5.41) is 11.5. The normalized spacial score (nSPS) is 10.6. The summed E-state index contributed by atoms with van der Waals surface area (Å²) in [6.07, 6.45) is 0. The van der Waals surface area contributed by atoms with E-state index in [1.807, 2.05) is 43.3 Å². The summed E-state index contributed by atoms with van der Waals surface area (Å²) in [5.41, 5.74) is 3.77. The molecule has 1 aromatic heterocycles. The van der Waals surface area contributed by atoms with Crippen LogP contribution in [0.25, 0.3) is 22.9 Å². The van der Waals surface area contributed by atoms with Gasteiger partial charge in [0.05, 0.1) is 10.7 Å². The van der Waals surface area contributed by atoms with Crippen molar-refractivity contribution in [1.82, 2.24) is 10.2 Å². The Bertz CT molecular complexity index is 1140. The number of rotatable bonds is 4. The molecule has 0 aliphatic carbocycles. The van der Waals surface area contributed by atoms with Gasteiger partial charge in [-0.05, 0) is 55.0 Å². The fourth-order valence-electron chi connectivity index (χ4n) is 2.78. The number of amides is 1. The highest BCUT2D eigenvalue weighted by atomic mass is 35.5. The van der Waals surface area contributed by atoms with Gasteiger partial charge in [0, 0.05) is 16.7 Å². The fourth-order valence-corrected chi connectivity index (χ4v) is 2.97. The fraction of sp³-hybridized carbons (Fsp3) is 0.0455. The van der Waals surface area contributed by atoms with Crippen molar-refractivity contribution < 1.29 is 9.21 Å². The van der Waals surface area contributed by atoms with Crippen LogP contribution >= 0.6 is 11.6 Å². The molecule has 4 aromatic rings. The van der Waals surface area contributed by atoms with Crippen LogP contribution in [-0.2, 0) is 0 Å². The minimum absolute atomic E-state index is 0.245. The largest absolute Gasteiger partial charge is 0.416 e. The standard InChI is InChI=1S/C22H16ClN3O2/c1-14-6-2-3-7-17(14)22-26-25-21(28-22)16-12-10-15(11-13-16)20(27)24-19-9-5-4-8-18(19)23/h2-13H,1H3,(H,24,27). The lowest BCUT2D eigenvalue weighted by molar-refractivity contribution is 0.102. The van der Waals surface area contributed by atoms with Crippen LogP contribution in [0.1, 0.15) is 15.9 Å². The summed E-state index contributed by atoms with van der Waals surface area (Å²) in [7, 11) is 0. The molecule has 0 saturated carbocycles. The molecule has 6 heteroatoms. The van der Waals surface area contributed by atoms with Gasteiger partial charge in [0.25, 0.3) is 5.91 Å². The second-order valence-corrected chi connectivity index (χ2v) is 6.65. The van der Waals surface area contributed by atoms with Gasteiger partial charge in [-0.3, -0.25) is 4.79 Å². The molecule has 1 amide bonds. The molecule has 0 saturated heterocycles. The average Bonchev–Trinajstić information content (AvgIpc) is 3.20. The Balaban J connectivity index is 1.53. The number of carbonyl (C=O) groups is 1. The second kappa shape index (κ2) is 7.66. The number of aryl methyl sites for hydroxylation is 1. The number of aromatic nitrogens is 2. The van der Waals surface area contributed by atoms with Gasteiger partial charge in [0.15, 0.2) is 0 Å². The molecule has 1 N–H and O–H groups in total. The average molecular weight is 390 g/mol. The third-order valence-corrected chi connectivity index (χ3v) is 4.65. The summed E-state index contributed by atoms with van der Waals surface area (Å²) < 4.78 is 5.81. The summed E-state index contributed by atoms with van der Waals surface area (Å²) in [5.74, 6) is 0.621. The summed E-state index contributed by atoms with van der Waals surface area (Å²) in [6, 6.07) is 21.9. The molecular formula is C22H16ClN3O2. The Morgan fingerprint density at radius 2 is 1.57 bits per heavy atom. The molecule has 5 nitrogen and oxygen atoms in total. The third-order valence-electron chi connectivity index (χ3n) is 4.32. The molecule has 138 valence electrons.